The number of thioether (sulfide) groups is 2. The second-order valence-corrected chi connectivity index (χ2v) is 8.34. The second kappa shape index (κ2) is 9.76. The largest absolute Gasteiger partial charge is 0.336 e. The van der Waals surface area contributed by atoms with Crippen molar-refractivity contribution in [1.29, 1.82) is 0 Å². The number of nitrogens with zero attached hydrogens (tertiary/aromatic N) is 2. The van der Waals surface area contributed by atoms with Crippen molar-refractivity contribution in [3.8, 4) is 0 Å². The van der Waals surface area contributed by atoms with Crippen molar-refractivity contribution in [1.82, 2.24) is 9.55 Å². The van der Waals surface area contributed by atoms with E-state index in [-0.39, 0.29) is 0 Å². The summed E-state index contributed by atoms with van der Waals surface area (Å²) in [4.78, 5) is 5.21. The van der Waals surface area contributed by atoms with Crippen LogP contribution < -0.4 is 0 Å². The Morgan fingerprint density at radius 1 is 1.32 bits per heavy atom. The van der Waals surface area contributed by atoms with Crippen LogP contribution in [0.15, 0.2) is 41.8 Å². The molecular formula is C16H20Cl2N2S2. The van der Waals surface area contributed by atoms with Crippen LogP contribution in [0.1, 0.15) is 19.8 Å². The smallest absolute Gasteiger partial charge is 0.0946 e. The zero-order chi connectivity index (χ0) is 15.8. The summed E-state index contributed by atoms with van der Waals surface area (Å²) in [6.45, 7) is 3.16. The highest BCUT2D eigenvalue weighted by Gasteiger charge is 2.14. The molecule has 0 spiro atoms. The number of hydrogen-bond acceptors (Lipinski definition) is 3. The average Bonchev–Trinajstić information content (AvgIpc) is 2.99. The minimum Gasteiger partial charge on any atom is -0.336 e. The summed E-state index contributed by atoms with van der Waals surface area (Å²) < 4.78 is 2.13. The summed E-state index contributed by atoms with van der Waals surface area (Å²) in [6, 6.07) is 5.71. The van der Waals surface area contributed by atoms with Gasteiger partial charge in [-0.25, -0.2) is 4.98 Å². The number of halogens is 2. The fourth-order valence-electron chi connectivity index (χ4n) is 1.97. The van der Waals surface area contributed by atoms with Crippen LogP contribution in [0, 0.1) is 0 Å². The average molecular weight is 375 g/mol. The van der Waals surface area contributed by atoms with Crippen molar-refractivity contribution >= 4 is 46.7 Å². The van der Waals surface area contributed by atoms with Crippen molar-refractivity contribution in [3.63, 3.8) is 0 Å². The Balaban J connectivity index is 1.99. The summed E-state index contributed by atoms with van der Waals surface area (Å²) in [5.74, 6) is 2.31. The lowest BCUT2D eigenvalue weighted by Gasteiger charge is -2.17. The summed E-state index contributed by atoms with van der Waals surface area (Å²) >= 11 is 16.1. The van der Waals surface area contributed by atoms with Crippen LogP contribution in [0.2, 0.25) is 10.0 Å². The molecule has 0 saturated heterocycles. The molecule has 1 aromatic carbocycles. The highest BCUT2D eigenvalue weighted by Crippen LogP contribution is 2.34. The number of unbranched alkanes of at least 4 members (excludes halogenated alkanes) is 1. The molecule has 22 heavy (non-hydrogen) atoms. The molecule has 0 radical (unpaired) electrons. The van der Waals surface area contributed by atoms with Gasteiger partial charge in [-0.15, -0.1) is 11.8 Å². The van der Waals surface area contributed by atoms with E-state index in [1.807, 2.05) is 60.4 Å². The van der Waals surface area contributed by atoms with Gasteiger partial charge in [-0.2, -0.15) is 11.8 Å². The lowest BCUT2D eigenvalue weighted by Crippen LogP contribution is -2.15. The monoisotopic (exact) mass is 374 g/mol. The van der Waals surface area contributed by atoms with E-state index in [0.29, 0.717) is 10.3 Å². The molecule has 0 aliphatic carbocycles. The highest BCUT2D eigenvalue weighted by atomic mass is 35.5. The highest BCUT2D eigenvalue weighted by molar-refractivity contribution is 8.03. The van der Waals surface area contributed by atoms with Gasteiger partial charge in [0.2, 0.25) is 0 Å². The van der Waals surface area contributed by atoms with Crippen molar-refractivity contribution in [3.05, 3.63) is 47.0 Å². The van der Waals surface area contributed by atoms with E-state index in [4.69, 9.17) is 23.2 Å². The number of imidazole rings is 1. The first-order valence-corrected chi connectivity index (χ1v) is 10.1. The van der Waals surface area contributed by atoms with Gasteiger partial charge in [-0.1, -0.05) is 36.5 Å². The van der Waals surface area contributed by atoms with Crippen molar-refractivity contribution in [2.24, 2.45) is 0 Å². The van der Waals surface area contributed by atoms with Gasteiger partial charge < -0.3 is 4.57 Å². The standard InChI is InChI=1S/C16H20Cl2N2S2/c1-2-3-8-21-11-14(10-20-7-6-19-12-20)22-16-5-4-13(17)9-15(16)18/h4-7,9,12,14H,2-3,8,10-11H2,1H3. The van der Waals surface area contributed by atoms with Crippen LogP contribution in [0.3, 0.4) is 0 Å². The molecule has 2 nitrogen and oxygen atoms in total. The van der Waals surface area contributed by atoms with E-state index >= 15 is 0 Å². The van der Waals surface area contributed by atoms with Crippen LogP contribution in [-0.2, 0) is 6.54 Å². The van der Waals surface area contributed by atoms with E-state index in [1.165, 1.54) is 18.6 Å². The fourth-order valence-corrected chi connectivity index (χ4v) is 5.02. The molecular weight excluding hydrogens is 355 g/mol. The third kappa shape index (κ3) is 6.07. The van der Waals surface area contributed by atoms with Gasteiger partial charge in [-0.3, -0.25) is 0 Å². The van der Waals surface area contributed by atoms with E-state index in [2.05, 4.69) is 16.5 Å². The maximum Gasteiger partial charge on any atom is 0.0946 e. The minimum absolute atomic E-state index is 0.453. The van der Waals surface area contributed by atoms with Gasteiger partial charge in [0.05, 0.1) is 11.3 Å². The molecule has 0 aliphatic rings. The lowest BCUT2D eigenvalue weighted by atomic mass is 10.4. The van der Waals surface area contributed by atoms with Gasteiger partial charge in [0.15, 0.2) is 0 Å². The van der Waals surface area contributed by atoms with Crippen molar-refractivity contribution in [2.45, 2.75) is 36.5 Å². The van der Waals surface area contributed by atoms with Gasteiger partial charge in [0.25, 0.3) is 0 Å². The van der Waals surface area contributed by atoms with Crippen molar-refractivity contribution in [2.75, 3.05) is 11.5 Å². The van der Waals surface area contributed by atoms with Crippen LogP contribution in [0.25, 0.3) is 0 Å². The molecule has 0 saturated carbocycles. The minimum atomic E-state index is 0.453. The molecule has 0 aliphatic heterocycles. The first-order valence-electron chi connectivity index (χ1n) is 7.34. The number of rotatable bonds is 9. The Kier molecular flexibility index (Phi) is 8.01. The molecule has 2 rings (SSSR count). The molecule has 1 unspecified atom stereocenters. The normalized spacial score (nSPS) is 12.5. The molecule has 0 fully saturated rings. The van der Waals surface area contributed by atoms with Crippen LogP contribution in [0.5, 0.6) is 0 Å². The fraction of sp³-hybridized carbons (Fsp3) is 0.438. The van der Waals surface area contributed by atoms with Crippen LogP contribution >= 0.6 is 46.7 Å². The van der Waals surface area contributed by atoms with Crippen molar-refractivity contribution < 1.29 is 0 Å². The predicted molar refractivity (Wildman–Crippen MR) is 101 cm³/mol. The van der Waals surface area contributed by atoms with E-state index < -0.39 is 0 Å². The molecule has 0 amide bonds. The van der Waals surface area contributed by atoms with E-state index in [1.54, 1.807) is 0 Å². The quantitative estimate of drug-likeness (QED) is 0.402. The molecule has 120 valence electrons. The van der Waals surface area contributed by atoms with Crippen LogP contribution in [-0.4, -0.2) is 26.3 Å². The Morgan fingerprint density at radius 3 is 2.86 bits per heavy atom. The summed E-state index contributed by atoms with van der Waals surface area (Å²) in [6.07, 6.45) is 8.22. The SMILES string of the molecule is CCCCSCC(Cn1ccnc1)Sc1ccc(Cl)cc1Cl. The molecule has 1 aromatic heterocycles. The lowest BCUT2D eigenvalue weighted by molar-refractivity contribution is 0.695. The molecule has 0 N–H and O–H groups in total. The Hall–Kier alpha value is -0.290. The molecule has 1 atom stereocenters. The zero-order valence-electron chi connectivity index (χ0n) is 12.5. The maximum absolute atomic E-state index is 6.31. The Morgan fingerprint density at radius 2 is 2.18 bits per heavy atom. The molecule has 0 bridgehead atoms. The number of benzene rings is 1. The Labute approximate surface area is 151 Å². The maximum atomic E-state index is 6.31. The van der Waals surface area contributed by atoms with Gasteiger partial charge in [0.1, 0.15) is 0 Å². The zero-order valence-corrected chi connectivity index (χ0v) is 15.7. The number of hydrogen-bond donors (Lipinski definition) is 0. The van der Waals surface area contributed by atoms with Gasteiger partial charge in [-0.05, 0) is 30.4 Å². The molecule has 1 heterocycles. The third-order valence-corrected chi connectivity index (χ3v) is 6.45. The third-order valence-electron chi connectivity index (χ3n) is 3.11. The topological polar surface area (TPSA) is 17.8 Å². The van der Waals surface area contributed by atoms with Gasteiger partial charge in [0, 0.05) is 39.9 Å². The first-order chi connectivity index (χ1) is 10.7. The molecule has 6 heteroatoms. The summed E-state index contributed by atoms with van der Waals surface area (Å²) in [7, 11) is 0. The second-order valence-electron chi connectivity index (χ2n) is 5.00. The number of aromatic nitrogens is 2. The summed E-state index contributed by atoms with van der Waals surface area (Å²) in [5.41, 5.74) is 0. The predicted octanol–water partition coefficient (Wildman–Crippen LogP) is 5.88. The Bertz CT molecular complexity index is 561. The van der Waals surface area contributed by atoms with E-state index in [9.17, 15) is 0 Å². The van der Waals surface area contributed by atoms with Crippen LogP contribution in [0.4, 0.5) is 0 Å². The molecule has 2 aromatic rings. The van der Waals surface area contributed by atoms with E-state index in [0.717, 1.165) is 22.2 Å². The summed E-state index contributed by atoms with van der Waals surface area (Å²) in [5, 5.41) is 1.86. The first kappa shape index (κ1) is 18.1. The van der Waals surface area contributed by atoms with Gasteiger partial charge >= 0.3 is 0 Å².